The Balaban J connectivity index is 0.000000249. The second kappa shape index (κ2) is 58.1. The number of anilines is 2. The van der Waals surface area contributed by atoms with Crippen LogP contribution in [0.3, 0.4) is 0 Å². The maximum Gasteiger partial charge on any atom is 0.308 e. The van der Waals surface area contributed by atoms with E-state index in [1.807, 2.05) is 49.5 Å². The van der Waals surface area contributed by atoms with Gasteiger partial charge in [-0.15, -0.1) is 0 Å². The molecular weight excluding hydrogens is 1540 g/mol. The molecule has 0 unspecified atom stereocenters. The summed E-state index contributed by atoms with van der Waals surface area (Å²) in [4.78, 5) is 20.0. The molecule has 3 aliphatic rings. The van der Waals surface area contributed by atoms with Crippen molar-refractivity contribution in [2.24, 2.45) is 17.8 Å². The van der Waals surface area contributed by atoms with Crippen molar-refractivity contribution >= 4 is 33.7 Å². The molecule has 0 amide bonds. The first-order valence-corrected chi connectivity index (χ1v) is 46.9. The fraction of sp³-hybridized carbons (Fsp3) is 0.415. The van der Waals surface area contributed by atoms with Crippen LogP contribution in [0, 0.1) is 38.5 Å². The summed E-state index contributed by atoms with van der Waals surface area (Å²) in [6.45, 7) is 58.9. The largest absolute Gasteiger partial charge is 0.426 e. The Hall–Kier alpha value is -10.4. The minimum atomic E-state index is -0.269. The van der Waals surface area contributed by atoms with Gasteiger partial charge in [0.05, 0.1) is 0 Å². The van der Waals surface area contributed by atoms with Crippen molar-refractivity contribution in [3.63, 3.8) is 0 Å². The molecule has 15 rings (SSSR count). The van der Waals surface area contributed by atoms with Gasteiger partial charge in [0.15, 0.2) is 0 Å². The van der Waals surface area contributed by atoms with E-state index in [1.165, 1.54) is 153 Å². The molecule has 4 heterocycles. The van der Waals surface area contributed by atoms with Gasteiger partial charge < -0.3 is 24.4 Å². The van der Waals surface area contributed by atoms with Gasteiger partial charge in [-0.3, -0.25) is 9.78 Å². The molecule has 12 aromatic rings. The second-order valence-corrected chi connectivity index (χ2v) is 37.0. The lowest BCUT2D eigenvalue weighted by Gasteiger charge is -2.29. The van der Waals surface area contributed by atoms with Crippen LogP contribution < -0.4 is 19.9 Å². The number of aryl methyl sites for hydroxylation is 3. The van der Waals surface area contributed by atoms with E-state index >= 15 is 0 Å². The number of pyridine rings is 1. The summed E-state index contributed by atoms with van der Waals surface area (Å²) in [5.74, 6) is 6.89. The van der Waals surface area contributed by atoms with Crippen LogP contribution in [0.15, 0.2) is 284 Å². The molecule has 2 aliphatic heterocycles. The molecule has 676 valence electrons. The van der Waals surface area contributed by atoms with Gasteiger partial charge in [0.25, 0.3) is 0 Å². The van der Waals surface area contributed by atoms with Gasteiger partial charge in [0.1, 0.15) is 17.7 Å². The summed E-state index contributed by atoms with van der Waals surface area (Å²) >= 11 is 0. The number of esters is 1. The molecule has 8 nitrogen and oxygen atoms in total. The van der Waals surface area contributed by atoms with Crippen LogP contribution in [0.2, 0.25) is 0 Å². The molecule has 10 aromatic carbocycles. The van der Waals surface area contributed by atoms with Crippen LogP contribution in [0.1, 0.15) is 304 Å². The molecule has 126 heavy (non-hydrogen) atoms. The Bertz CT molecular complexity index is 4840. The number of benzene rings is 10. The van der Waals surface area contributed by atoms with Crippen molar-refractivity contribution in [2.45, 2.75) is 266 Å². The summed E-state index contributed by atoms with van der Waals surface area (Å²) < 4.78 is 9.89. The molecule has 2 aromatic heterocycles. The van der Waals surface area contributed by atoms with E-state index in [0.29, 0.717) is 53.1 Å². The van der Waals surface area contributed by atoms with Gasteiger partial charge in [0, 0.05) is 81.1 Å². The van der Waals surface area contributed by atoms with Crippen LogP contribution in [0.5, 0.6) is 5.75 Å². The quantitative estimate of drug-likeness (QED) is 0.0672. The zero-order valence-electron chi connectivity index (χ0n) is 81.2. The maximum absolute atomic E-state index is 10.8. The van der Waals surface area contributed by atoms with Crippen molar-refractivity contribution in [1.29, 1.82) is 0 Å². The molecule has 0 atom stereocenters. The third kappa shape index (κ3) is 39.6. The van der Waals surface area contributed by atoms with Crippen LogP contribution in [0.4, 0.5) is 11.4 Å². The van der Waals surface area contributed by atoms with E-state index in [9.17, 15) is 4.79 Å². The van der Waals surface area contributed by atoms with Gasteiger partial charge in [0.2, 0.25) is 0 Å². The molecule has 0 bridgehead atoms. The van der Waals surface area contributed by atoms with Crippen molar-refractivity contribution in [3.05, 3.63) is 357 Å². The van der Waals surface area contributed by atoms with E-state index < -0.39 is 0 Å². The van der Waals surface area contributed by atoms with Crippen molar-refractivity contribution in [3.8, 4) is 17.0 Å². The van der Waals surface area contributed by atoms with Crippen molar-refractivity contribution in [1.82, 2.24) is 15.5 Å². The summed E-state index contributed by atoms with van der Waals surface area (Å²) in [5, 5.41) is 10.0. The van der Waals surface area contributed by atoms with Crippen LogP contribution in [-0.4, -0.2) is 55.4 Å². The fourth-order valence-electron chi connectivity index (χ4n) is 14.8. The number of piperazine rings is 1. The number of hydrogen-bond donors (Lipinski definition) is 1. The molecule has 2 fully saturated rings. The summed E-state index contributed by atoms with van der Waals surface area (Å²) in [7, 11) is 0. The number of rotatable bonds is 18. The Kier molecular flexibility index (Phi) is 48.9. The van der Waals surface area contributed by atoms with Crippen LogP contribution in [0.25, 0.3) is 27.6 Å². The van der Waals surface area contributed by atoms with Gasteiger partial charge >= 0.3 is 5.97 Å². The van der Waals surface area contributed by atoms with Gasteiger partial charge in [-0.25, -0.2) is 0 Å². The third-order valence-electron chi connectivity index (χ3n) is 22.6. The highest BCUT2D eigenvalue weighted by Crippen LogP contribution is 2.33. The number of piperidine rings is 1. The average Bonchev–Trinajstić information content (AvgIpc) is 1.62. The van der Waals surface area contributed by atoms with E-state index in [0.717, 1.165) is 67.7 Å². The number of hydrogen-bond acceptors (Lipinski definition) is 8. The first-order valence-electron chi connectivity index (χ1n) is 46.9. The van der Waals surface area contributed by atoms with Gasteiger partial charge in [-0.2, -0.15) is 0 Å². The van der Waals surface area contributed by atoms with Gasteiger partial charge in [-0.1, -0.05) is 375 Å². The van der Waals surface area contributed by atoms with Crippen LogP contribution >= 0.6 is 0 Å². The highest BCUT2D eigenvalue weighted by atomic mass is 16.5. The smallest absolute Gasteiger partial charge is 0.308 e. The molecular formula is C118H161N5O3. The fourth-order valence-corrected chi connectivity index (χ4v) is 14.8. The summed E-state index contributed by atoms with van der Waals surface area (Å²) in [6, 6.07) is 92.2. The maximum atomic E-state index is 10.8. The number of carbonyl (C=O) groups is 1. The van der Waals surface area contributed by atoms with Gasteiger partial charge in [-0.05, 0) is 257 Å². The average molecular weight is 1700 g/mol. The number of ether oxygens (including phenoxy) is 1. The number of allylic oxidation sites excluding steroid dienone is 2. The van der Waals surface area contributed by atoms with E-state index in [1.54, 1.807) is 11.8 Å². The highest BCUT2D eigenvalue weighted by molar-refractivity contribution is 5.85. The van der Waals surface area contributed by atoms with Crippen molar-refractivity contribution in [2.75, 3.05) is 49.1 Å². The number of fused-ring (bicyclic) bond motifs is 2. The van der Waals surface area contributed by atoms with E-state index in [4.69, 9.17) is 9.26 Å². The van der Waals surface area contributed by atoms with Crippen molar-refractivity contribution < 1.29 is 14.1 Å². The monoisotopic (exact) mass is 1700 g/mol. The number of nitrogens with zero attached hydrogens (tertiary/aromatic N) is 4. The predicted molar refractivity (Wildman–Crippen MR) is 550 cm³/mol. The SMILES string of the molecule is C.CC(=O)Oc1cc(C(C)C)ccc1C.CC(C)CCC1=CCc2ccccc21.CC(C)Cc1cccc2ccccc12.CC(C)Cc1ccccn1.CC(C)c1ccc(-c2ccon2)cc1.CC(C)c1ccc(N2CCCCC2)cc1.CC(C)c1ccc(N2CCNCC2)cc1.CC(C)c1ccccc1.Cc1ccc(C(C)C)cc1.Cc1ccccc1C(C)C. The van der Waals surface area contributed by atoms with E-state index in [2.05, 4.69) is 408 Å². The standard InChI is InChI=1S/C14H21N.C14H16.C14H18.C13H20N2.C12H13NO.C12H16O2.2C10H14.C9H13N.C9H12.CH4/c1-12(2)13-6-8-14(9-7-13)15-10-4-3-5-11-15;1-11(2)10-13-8-5-7-12-6-3-4-9-14(12)13;1-11(2)7-8-13-10-9-12-5-3-4-6-14(12)13;1-11(2)12-3-5-13(6-4-12)15-9-7-14-8-10-15;1-9(2)10-3-5-11(6-4-10)12-7-8-14-13-12;1-8(2)11-6-5-9(3)12(7-11)14-10(4)13;1-8(2)10-6-4-9(3)5-7-10;1-8(2)10-7-5-4-6-9(10)3;1-8(2)7-9-5-3-4-6-10-9;1-8(2)9-6-4-3-5-7-9;/h6-9,12H,3-5,10-11H2,1-2H3;3-9,11H,10H2,1-2H3;3-6,10-11H,7-9H2,1-2H3;3-6,11,14H,7-10H2,1-2H3;3-9H,1-2H3;5-8H,1-4H3;2*4-8H,1-3H3;3-6,8H,7H2,1-2H3;3-8H,1-2H3;1H4. The minimum absolute atomic E-state index is 0. The number of nitrogens with one attached hydrogen (secondary N) is 1. The van der Waals surface area contributed by atoms with E-state index in [-0.39, 0.29) is 13.4 Å². The minimum Gasteiger partial charge on any atom is -0.426 e. The molecule has 0 spiro atoms. The molecule has 2 saturated heterocycles. The predicted octanol–water partition coefficient (Wildman–Crippen LogP) is 32.6. The molecule has 8 heteroatoms. The normalized spacial score (nSPS) is 12.4. The Morgan fingerprint density at radius 3 is 1.41 bits per heavy atom. The number of aromatic nitrogens is 2. The summed E-state index contributed by atoms with van der Waals surface area (Å²) in [6.07, 6.45) is 15.9. The Morgan fingerprint density at radius 2 is 0.921 bits per heavy atom. The van der Waals surface area contributed by atoms with Crippen LogP contribution in [-0.2, 0) is 24.1 Å². The lowest BCUT2D eigenvalue weighted by atomic mass is 9.97. The molecule has 1 N–H and O–H groups in total. The lowest BCUT2D eigenvalue weighted by molar-refractivity contribution is -0.131. The molecule has 0 saturated carbocycles. The first kappa shape index (κ1) is 106. The Labute approximate surface area is 766 Å². The topological polar surface area (TPSA) is 83.7 Å². The zero-order valence-corrected chi connectivity index (χ0v) is 81.2. The number of carbonyl (C=O) groups excluding carboxylic acids is 1. The summed E-state index contributed by atoms with van der Waals surface area (Å²) in [5.41, 5.74) is 25.4. The highest BCUT2D eigenvalue weighted by Gasteiger charge is 2.16. The zero-order chi connectivity index (χ0) is 91.2. The third-order valence-corrected chi connectivity index (χ3v) is 22.6. The first-order chi connectivity index (χ1) is 59.9. The molecule has 1 aliphatic carbocycles. The molecule has 0 radical (unpaired) electrons. The second-order valence-electron chi connectivity index (χ2n) is 37.0. The lowest BCUT2D eigenvalue weighted by Crippen LogP contribution is -2.43. The Morgan fingerprint density at radius 1 is 0.437 bits per heavy atom.